The zero-order chi connectivity index (χ0) is 13.0. The lowest BCUT2D eigenvalue weighted by molar-refractivity contribution is 0.574. The Hall–Kier alpha value is -1.16. The first-order chi connectivity index (χ1) is 8.69. The Morgan fingerprint density at radius 2 is 2.22 bits per heavy atom. The van der Waals surface area contributed by atoms with Crippen LogP contribution in [0.4, 0.5) is 5.82 Å². The molecule has 4 heteroatoms. The van der Waals surface area contributed by atoms with Crippen LogP contribution in [0.15, 0.2) is 6.07 Å². The second-order valence-electron chi connectivity index (χ2n) is 5.15. The SMILES string of the molecule is CCCN(CC1CCCN1)c1cc(C)nc(C)n1. The normalized spacial score (nSPS) is 19.2. The second-order valence-corrected chi connectivity index (χ2v) is 5.15. The van der Waals surface area contributed by atoms with Crippen molar-refractivity contribution in [2.45, 2.75) is 46.1 Å². The molecule has 1 aliphatic heterocycles. The van der Waals surface area contributed by atoms with Crippen LogP contribution in [0, 0.1) is 13.8 Å². The first-order valence-corrected chi connectivity index (χ1v) is 6.99. The molecule has 0 amide bonds. The molecular weight excluding hydrogens is 224 g/mol. The molecule has 1 unspecified atom stereocenters. The Labute approximate surface area is 110 Å². The van der Waals surface area contributed by atoms with E-state index < -0.39 is 0 Å². The van der Waals surface area contributed by atoms with E-state index in [2.05, 4.69) is 33.2 Å². The van der Waals surface area contributed by atoms with Crippen molar-refractivity contribution < 1.29 is 0 Å². The van der Waals surface area contributed by atoms with E-state index in [0.717, 1.165) is 43.4 Å². The van der Waals surface area contributed by atoms with E-state index in [4.69, 9.17) is 0 Å². The molecule has 2 heterocycles. The van der Waals surface area contributed by atoms with Crippen LogP contribution in [0.25, 0.3) is 0 Å². The lowest BCUT2D eigenvalue weighted by Gasteiger charge is -2.26. The molecule has 18 heavy (non-hydrogen) atoms. The van der Waals surface area contributed by atoms with Crippen LogP contribution in [0.1, 0.15) is 37.7 Å². The summed E-state index contributed by atoms with van der Waals surface area (Å²) in [6.07, 6.45) is 3.73. The Morgan fingerprint density at radius 1 is 1.39 bits per heavy atom. The molecule has 2 rings (SSSR count). The van der Waals surface area contributed by atoms with Crippen molar-refractivity contribution in [3.05, 3.63) is 17.6 Å². The summed E-state index contributed by atoms with van der Waals surface area (Å²) < 4.78 is 0. The Kier molecular flexibility index (Phi) is 4.53. The van der Waals surface area contributed by atoms with Crippen molar-refractivity contribution in [2.75, 3.05) is 24.5 Å². The van der Waals surface area contributed by atoms with Crippen LogP contribution in [-0.4, -0.2) is 35.6 Å². The maximum atomic E-state index is 4.58. The van der Waals surface area contributed by atoms with Gasteiger partial charge in [-0.15, -0.1) is 0 Å². The van der Waals surface area contributed by atoms with Crippen LogP contribution in [-0.2, 0) is 0 Å². The Morgan fingerprint density at radius 3 is 2.83 bits per heavy atom. The average molecular weight is 248 g/mol. The lowest BCUT2D eigenvalue weighted by Crippen LogP contribution is -2.38. The summed E-state index contributed by atoms with van der Waals surface area (Å²) in [5.74, 6) is 1.95. The van der Waals surface area contributed by atoms with Crippen LogP contribution in [0.2, 0.25) is 0 Å². The van der Waals surface area contributed by atoms with Crippen molar-refractivity contribution in [2.24, 2.45) is 0 Å². The molecule has 0 aromatic carbocycles. The minimum atomic E-state index is 0.618. The summed E-state index contributed by atoms with van der Waals surface area (Å²) in [7, 11) is 0. The standard InChI is InChI=1S/C14H24N4/c1-4-8-18(10-13-6-5-7-15-13)14-9-11(2)16-12(3)17-14/h9,13,15H,4-8,10H2,1-3H3. The van der Waals surface area contributed by atoms with E-state index in [1.165, 1.54) is 12.8 Å². The Balaban J connectivity index is 2.11. The van der Waals surface area contributed by atoms with E-state index in [0.29, 0.717) is 6.04 Å². The summed E-state index contributed by atoms with van der Waals surface area (Å²) in [4.78, 5) is 11.3. The van der Waals surface area contributed by atoms with Crippen molar-refractivity contribution >= 4 is 5.82 Å². The first-order valence-electron chi connectivity index (χ1n) is 6.99. The molecule has 1 atom stereocenters. The number of nitrogens with one attached hydrogen (secondary N) is 1. The number of anilines is 1. The third-order valence-electron chi connectivity index (χ3n) is 3.37. The monoisotopic (exact) mass is 248 g/mol. The van der Waals surface area contributed by atoms with Gasteiger partial charge >= 0.3 is 0 Å². The predicted molar refractivity (Wildman–Crippen MR) is 75.0 cm³/mol. The molecule has 1 N–H and O–H groups in total. The third kappa shape index (κ3) is 3.42. The van der Waals surface area contributed by atoms with Crippen molar-refractivity contribution in [3.63, 3.8) is 0 Å². The van der Waals surface area contributed by atoms with E-state index in [9.17, 15) is 0 Å². The fourth-order valence-electron chi connectivity index (χ4n) is 2.61. The van der Waals surface area contributed by atoms with Crippen LogP contribution >= 0.6 is 0 Å². The van der Waals surface area contributed by atoms with Gasteiger partial charge in [-0.2, -0.15) is 0 Å². The molecule has 0 spiro atoms. The van der Waals surface area contributed by atoms with Gasteiger partial charge in [-0.05, 0) is 39.7 Å². The lowest BCUT2D eigenvalue weighted by atomic mass is 10.2. The van der Waals surface area contributed by atoms with Crippen LogP contribution in [0.5, 0.6) is 0 Å². The first kappa shape index (κ1) is 13.3. The van der Waals surface area contributed by atoms with Crippen LogP contribution < -0.4 is 10.2 Å². The summed E-state index contributed by atoms with van der Waals surface area (Å²) in [6, 6.07) is 2.71. The topological polar surface area (TPSA) is 41.0 Å². The van der Waals surface area contributed by atoms with Crippen molar-refractivity contribution in [1.29, 1.82) is 0 Å². The average Bonchev–Trinajstić information content (AvgIpc) is 2.80. The fraction of sp³-hybridized carbons (Fsp3) is 0.714. The van der Waals surface area contributed by atoms with Gasteiger partial charge in [0.15, 0.2) is 0 Å². The molecule has 0 radical (unpaired) electrons. The van der Waals surface area contributed by atoms with E-state index in [1.54, 1.807) is 0 Å². The molecule has 0 aliphatic carbocycles. The fourth-order valence-corrected chi connectivity index (χ4v) is 2.61. The van der Waals surface area contributed by atoms with Gasteiger partial charge in [0.2, 0.25) is 0 Å². The van der Waals surface area contributed by atoms with Crippen molar-refractivity contribution in [1.82, 2.24) is 15.3 Å². The summed E-state index contributed by atoms with van der Waals surface area (Å²) in [6.45, 7) is 9.50. The highest BCUT2D eigenvalue weighted by atomic mass is 15.2. The molecular formula is C14H24N4. The van der Waals surface area contributed by atoms with Gasteiger partial charge in [-0.3, -0.25) is 0 Å². The summed E-state index contributed by atoms with van der Waals surface area (Å²) in [5.41, 5.74) is 1.05. The molecule has 1 fully saturated rings. The van der Waals surface area contributed by atoms with E-state index >= 15 is 0 Å². The molecule has 0 saturated carbocycles. The van der Waals surface area contributed by atoms with Gasteiger partial charge in [0, 0.05) is 30.9 Å². The highest BCUT2D eigenvalue weighted by Crippen LogP contribution is 2.16. The van der Waals surface area contributed by atoms with Crippen LogP contribution in [0.3, 0.4) is 0 Å². The summed E-state index contributed by atoms with van der Waals surface area (Å²) >= 11 is 0. The van der Waals surface area contributed by atoms with E-state index in [1.807, 2.05) is 13.8 Å². The molecule has 1 saturated heterocycles. The van der Waals surface area contributed by atoms with Gasteiger partial charge in [-0.1, -0.05) is 6.92 Å². The van der Waals surface area contributed by atoms with Gasteiger partial charge in [0.05, 0.1) is 0 Å². The molecule has 4 nitrogen and oxygen atoms in total. The number of rotatable bonds is 5. The highest BCUT2D eigenvalue weighted by Gasteiger charge is 2.18. The minimum absolute atomic E-state index is 0.618. The number of nitrogens with zero attached hydrogens (tertiary/aromatic N) is 3. The molecule has 1 aliphatic rings. The zero-order valence-electron chi connectivity index (χ0n) is 11.7. The predicted octanol–water partition coefficient (Wildman–Crippen LogP) is 2.06. The van der Waals surface area contributed by atoms with E-state index in [-0.39, 0.29) is 0 Å². The largest absolute Gasteiger partial charge is 0.355 e. The molecule has 100 valence electrons. The third-order valence-corrected chi connectivity index (χ3v) is 3.37. The molecule has 0 bridgehead atoms. The van der Waals surface area contributed by atoms with Gasteiger partial charge in [-0.25, -0.2) is 9.97 Å². The molecule has 1 aromatic rings. The second kappa shape index (κ2) is 6.14. The maximum absolute atomic E-state index is 4.58. The number of aryl methyl sites for hydroxylation is 2. The number of hydrogen-bond acceptors (Lipinski definition) is 4. The highest BCUT2D eigenvalue weighted by molar-refractivity contribution is 5.40. The van der Waals surface area contributed by atoms with Gasteiger partial charge < -0.3 is 10.2 Å². The summed E-state index contributed by atoms with van der Waals surface area (Å²) in [5, 5.41) is 3.56. The quantitative estimate of drug-likeness (QED) is 0.866. The van der Waals surface area contributed by atoms with Gasteiger partial charge in [0.1, 0.15) is 11.6 Å². The molecule has 1 aromatic heterocycles. The minimum Gasteiger partial charge on any atom is -0.355 e. The van der Waals surface area contributed by atoms with Crippen molar-refractivity contribution in [3.8, 4) is 0 Å². The maximum Gasteiger partial charge on any atom is 0.132 e. The Bertz CT molecular complexity index is 365. The zero-order valence-corrected chi connectivity index (χ0v) is 11.7. The number of hydrogen-bond donors (Lipinski definition) is 1. The van der Waals surface area contributed by atoms with Gasteiger partial charge in [0.25, 0.3) is 0 Å². The number of aromatic nitrogens is 2. The smallest absolute Gasteiger partial charge is 0.132 e.